The van der Waals surface area contributed by atoms with E-state index in [0.717, 1.165) is 55.5 Å². The second-order valence-corrected chi connectivity index (χ2v) is 7.32. The number of likely N-dealkylation sites (tertiary alicyclic amines) is 1. The molecule has 0 saturated carbocycles. The summed E-state index contributed by atoms with van der Waals surface area (Å²) >= 11 is 0. The molecule has 0 spiro atoms. The molecule has 1 aliphatic heterocycles. The number of nitrogens with zero attached hydrogens (tertiary/aromatic N) is 3. The zero-order valence-electron chi connectivity index (χ0n) is 15.9. The first-order chi connectivity index (χ1) is 13.2. The number of aromatic nitrogens is 1. The molecule has 0 unspecified atom stereocenters. The van der Waals surface area contributed by atoms with Gasteiger partial charge >= 0.3 is 0 Å². The van der Waals surface area contributed by atoms with E-state index in [1.165, 1.54) is 18.4 Å². The number of hydrazine groups is 1. The minimum atomic E-state index is 0.660. The SMILES string of the molecule is C=C/C=C\N(N)CC1CCN(CCCc2cccc3[nH]cc(C#N)c23)CC1. The van der Waals surface area contributed by atoms with Gasteiger partial charge < -0.3 is 14.9 Å². The third-order valence-electron chi connectivity index (χ3n) is 5.42. The van der Waals surface area contributed by atoms with Crippen LogP contribution < -0.4 is 5.84 Å². The van der Waals surface area contributed by atoms with Crippen LogP contribution in [-0.2, 0) is 6.42 Å². The normalized spacial score (nSPS) is 16.0. The average molecular weight is 364 g/mol. The van der Waals surface area contributed by atoms with Crippen molar-refractivity contribution in [1.82, 2.24) is 14.9 Å². The Kier molecular flexibility index (Phi) is 6.69. The van der Waals surface area contributed by atoms with E-state index in [1.54, 1.807) is 11.1 Å². The summed E-state index contributed by atoms with van der Waals surface area (Å²) in [7, 11) is 0. The summed E-state index contributed by atoms with van der Waals surface area (Å²) in [5, 5.41) is 12.2. The third kappa shape index (κ3) is 5.00. The minimum absolute atomic E-state index is 0.660. The summed E-state index contributed by atoms with van der Waals surface area (Å²) in [6.45, 7) is 7.97. The first-order valence-electron chi connectivity index (χ1n) is 9.73. The Morgan fingerprint density at radius 1 is 1.37 bits per heavy atom. The minimum Gasteiger partial charge on any atom is -0.360 e. The Balaban J connectivity index is 1.45. The highest BCUT2D eigenvalue weighted by atomic mass is 15.4. The van der Waals surface area contributed by atoms with Crippen molar-refractivity contribution >= 4 is 10.9 Å². The van der Waals surface area contributed by atoms with Crippen LogP contribution in [0.1, 0.15) is 30.4 Å². The lowest BCUT2D eigenvalue weighted by atomic mass is 9.96. The van der Waals surface area contributed by atoms with Crippen molar-refractivity contribution < 1.29 is 0 Å². The summed E-state index contributed by atoms with van der Waals surface area (Å²) in [5.41, 5.74) is 3.08. The van der Waals surface area contributed by atoms with Gasteiger partial charge in [0.25, 0.3) is 0 Å². The van der Waals surface area contributed by atoms with Crippen LogP contribution in [0.4, 0.5) is 0 Å². The number of aromatic amines is 1. The zero-order chi connectivity index (χ0) is 19.1. The second-order valence-electron chi connectivity index (χ2n) is 7.32. The molecule has 1 fully saturated rings. The zero-order valence-corrected chi connectivity index (χ0v) is 15.9. The molecule has 2 heterocycles. The maximum atomic E-state index is 9.31. The lowest BCUT2D eigenvalue weighted by Crippen LogP contribution is -2.39. The highest BCUT2D eigenvalue weighted by Crippen LogP contribution is 2.24. The number of nitrogens with two attached hydrogens (primary N) is 1. The monoisotopic (exact) mass is 363 g/mol. The fourth-order valence-corrected chi connectivity index (χ4v) is 3.97. The van der Waals surface area contributed by atoms with Crippen molar-refractivity contribution in [2.75, 3.05) is 26.2 Å². The highest BCUT2D eigenvalue weighted by Gasteiger charge is 2.19. The molecule has 2 aromatic rings. The summed E-state index contributed by atoms with van der Waals surface area (Å²) in [6, 6.07) is 8.55. The smallest absolute Gasteiger partial charge is 0.101 e. The van der Waals surface area contributed by atoms with Gasteiger partial charge in [0.2, 0.25) is 0 Å². The Bertz CT molecular complexity index is 821. The number of fused-ring (bicyclic) bond motifs is 1. The molecule has 0 radical (unpaired) electrons. The van der Waals surface area contributed by atoms with Gasteiger partial charge in [-0.3, -0.25) is 0 Å². The van der Waals surface area contributed by atoms with E-state index in [4.69, 9.17) is 5.84 Å². The van der Waals surface area contributed by atoms with Crippen LogP contribution in [0.2, 0.25) is 0 Å². The molecule has 3 rings (SSSR count). The van der Waals surface area contributed by atoms with Gasteiger partial charge in [-0.05, 0) is 68.9 Å². The molecule has 5 nitrogen and oxygen atoms in total. The summed E-state index contributed by atoms with van der Waals surface area (Å²) in [6.07, 6.45) is 11.8. The van der Waals surface area contributed by atoms with Gasteiger partial charge in [-0.25, -0.2) is 5.84 Å². The van der Waals surface area contributed by atoms with E-state index >= 15 is 0 Å². The predicted molar refractivity (Wildman–Crippen MR) is 111 cm³/mol. The van der Waals surface area contributed by atoms with Crippen LogP contribution in [0.25, 0.3) is 10.9 Å². The number of hydrogen-bond acceptors (Lipinski definition) is 4. The highest BCUT2D eigenvalue weighted by molar-refractivity contribution is 5.88. The van der Waals surface area contributed by atoms with Gasteiger partial charge in [-0.1, -0.05) is 24.8 Å². The van der Waals surface area contributed by atoms with Crippen molar-refractivity contribution in [2.24, 2.45) is 11.8 Å². The lowest BCUT2D eigenvalue weighted by molar-refractivity contribution is 0.160. The van der Waals surface area contributed by atoms with Crippen LogP contribution in [0, 0.1) is 17.2 Å². The van der Waals surface area contributed by atoms with Crippen molar-refractivity contribution in [3.05, 3.63) is 60.5 Å². The van der Waals surface area contributed by atoms with Gasteiger partial charge in [0, 0.05) is 29.8 Å². The third-order valence-corrected chi connectivity index (χ3v) is 5.42. The molecule has 5 heteroatoms. The molecule has 1 aromatic carbocycles. The molecule has 1 saturated heterocycles. The van der Waals surface area contributed by atoms with E-state index < -0.39 is 0 Å². The first kappa shape index (κ1) is 19.2. The van der Waals surface area contributed by atoms with Crippen LogP contribution >= 0.6 is 0 Å². The van der Waals surface area contributed by atoms with Gasteiger partial charge in [0.15, 0.2) is 0 Å². The first-order valence-corrected chi connectivity index (χ1v) is 9.73. The standard InChI is InChI=1S/C22H29N5/c1-2-3-12-27(24)17-18-9-13-26(14-10-18)11-5-7-19-6-4-8-21-22(19)20(15-23)16-25-21/h2-4,6,8,12,16,18,25H,1,5,7,9-11,13-14,17,24H2/b12-3-. The maximum absolute atomic E-state index is 9.31. The number of piperidine rings is 1. The summed E-state index contributed by atoms with van der Waals surface area (Å²) in [5.74, 6) is 6.65. The van der Waals surface area contributed by atoms with E-state index in [-0.39, 0.29) is 0 Å². The number of hydrogen-bond donors (Lipinski definition) is 2. The Morgan fingerprint density at radius 3 is 2.93 bits per heavy atom. The molecule has 3 N–H and O–H groups in total. The number of aryl methyl sites for hydroxylation is 1. The van der Waals surface area contributed by atoms with E-state index in [0.29, 0.717) is 5.92 Å². The van der Waals surface area contributed by atoms with Gasteiger partial charge in [0.05, 0.1) is 5.56 Å². The molecule has 1 aliphatic rings. The number of rotatable bonds is 8. The Labute approximate surface area is 161 Å². The average Bonchev–Trinajstić information content (AvgIpc) is 3.12. The second kappa shape index (κ2) is 9.40. The van der Waals surface area contributed by atoms with Crippen molar-refractivity contribution in [3.63, 3.8) is 0 Å². The van der Waals surface area contributed by atoms with Gasteiger partial charge in [-0.2, -0.15) is 5.26 Å². The molecule has 142 valence electrons. The van der Waals surface area contributed by atoms with Gasteiger partial charge in [-0.15, -0.1) is 0 Å². The fraction of sp³-hybridized carbons (Fsp3) is 0.409. The molecular formula is C22H29N5. The predicted octanol–water partition coefficient (Wildman–Crippen LogP) is 3.56. The van der Waals surface area contributed by atoms with E-state index in [9.17, 15) is 5.26 Å². The van der Waals surface area contributed by atoms with E-state index in [2.05, 4.69) is 34.7 Å². The Morgan fingerprint density at radius 2 is 2.19 bits per heavy atom. The fourth-order valence-electron chi connectivity index (χ4n) is 3.97. The number of allylic oxidation sites excluding steroid dienone is 2. The number of H-pyrrole nitrogens is 1. The van der Waals surface area contributed by atoms with E-state index in [1.807, 2.05) is 24.5 Å². The van der Waals surface area contributed by atoms with Crippen molar-refractivity contribution in [1.29, 1.82) is 5.26 Å². The summed E-state index contributed by atoms with van der Waals surface area (Å²) in [4.78, 5) is 5.75. The largest absolute Gasteiger partial charge is 0.360 e. The number of benzene rings is 1. The molecule has 0 aliphatic carbocycles. The van der Waals surface area contributed by atoms with Crippen molar-refractivity contribution in [3.8, 4) is 6.07 Å². The van der Waals surface area contributed by atoms with Crippen LogP contribution in [0.15, 0.2) is 49.3 Å². The molecular weight excluding hydrogens is 334 g/mol. The topological polar surface area (TPSA) is 72.1 Å². The summed E-state index contributed by atoms with van der Waals surface area (Å²) < 4.78 is 0. The van der Waals surface area contributed by atoms with Crippen LogP contribution in [0.5, 0.6) is 0 Å². The number of nitrogens with one attached hydrogen (secondary N) is 1. The number of nitriles is 1. The van der Waals surface area contributed by atoms with Gasteiger partial charge in [0.1, 0.15) is 6.07 Å². The lowest BCUT2D eigenvalue weighted by Gasteiger charge is -2.33. The van der Waals surface area contributed by atoms with Crippen LogP contribution in [0.3, 0.4) is 0 Å². The maximum Gasteiger partial charge on any atom is 0.101 e. The molecule has 0 amide bonds. The van der Waals surface area contributed by atoms with Crippen LogP contribution in [-0.4, -0.2) is 41.1 Å². The molecule has 27 heavy (non-hydrogen) atoms. The molecule has 1 aromatic heterocycles. The molecule has 0 bridgehead atoms. The quantitative estimate of drug-likeness (QED) is 0.427. The Hall–Kier alpha value is -2.55. The van der Waals surface area contributed by atoms with Crippen molar-refractivity contribution in [2.45, 2.75) is 25.7 Å². The molecule has 0 atom stereocenters.